The molecule has 1 aliphatic rings. The Morgan fingerprint density at radius 3 is 2.61 bits per heavy atom. The van der Waals surface area contributed by atoms with Gasteiger partial charge in [-0.15, -0.1) is 12.4 Å². The first kappa shape index (κ1) is 16.1. The minimum absolute atomic E-state index is 0. The minimum atomic E-state index is 0. The van der Waals surface area contributed by atoms with Crippen molar-refractivity contribution in [3.05, 3.63) is 33.8 Å². The van der Waals surface area contributed by atoms with Crippen LogP contribution < -0.4 is 5.32 Å². The monoisotopic (exact) mass is 309 g/mol. The predicted octanol–water partition coefficient (Wildman–Crippen LogP) is 3.93. The second kappa shape index (κ2) is 8.23. The van der Waals surface area contributed by atoms with E-state index in [4.69, 9.17) is 27.9 Å². The summed E-state index contributed by atoms with van der Waals surface area (Å²) in [6, 6.07) is 5.52. The van der Waals surface area contributed by atoms with Crippen molar-refractivity contribution in [2.75, 3.05) is 19.7 Å². The molecule has 1 heterocycles. The molecule has 0 unspecified atom stereocenters. The molecule has 0 spiro atoms. The molecule has 1 saturated heterocycles. The minimum Gasteiger partial charge on any atom is -0.376 e. The van der Waals surface area contributed by atoms with Crippen molar-refractivity contribution >= 4 is 35.6 Å². The van der Waals surface area contributed by atoms with Crippen LogP contribution in [0.25, 0.3) is 0 Å². The Morgan fingerprint density at radius 2 is 1.94 bits per heavy atom. The molecule has 2 nitrogen and oxygen atoms in total. The molecule has 2 rings (SSSR count). The van der Waals surface area contributed by atoms with Gasteiger partial charge in [-0.3, -0.25) is 0 Å². The van der Waals surface area contributed by atoms with Gasteiger partial charge in [-0.1, -0.05) is 29.3 Å². The molecule has 0 aliphatic carbocycles. The fourth-order valence-electron chi connectivity index (χ4n) is 2.02. The number of ether oxygens (including phenoxy) is 1. The van der Waals surface area contributed by atoms with Gasteiger partial charge in [0.2, 0.25) is 0 Å². The molecule has 0 bridgehead atoms. The van der Waals surface area contributed by atoms with Crippen molar-refractivity contribution in [2.24, 2.45) is 5.92 Å². The summed E-state index contributed by atoms with van der Waals surface area (Å²) in [5.74, 6) is 0.683. The third-order valence-electron chi connectivity index (χ3n) is 3.08. The molecule has 0 atom stereocenters. The van der Waals surface area contributed by atoms with Crippen LogP contribution in [0.3, 0.4) is 0 Å². The third kappa shape index (κ3) is 4.94. The largest absolute Gasteiger partial charge is 0.376 e. The Hall–Kier alpha value is 0.01000. The van der Waals surface area contributed by atoms with Crippen LogP contribution in [-0.4, -0.2) is 19.7 Å². The molecule has 1 fully saturated rings. The van der Waals surface area contributed by atoms with Crippen LogP contribution in [-0.2, 0) is 11.3 Å². The van der Waals surface area contributed by atoms with Gasteiger partial charge in [-0.25, -0.2) is 0 Å². The van der Waals surface area contributed by atoms with Gasteiger partial charge >= 0.3 is 0 Å². The molecular weight excluding hydrogens is 293 g/mol. The van der Waals surface area contributed by atoms with E-state index in [1.807, 2.05) is 12.1 Å². The van der Waals surface area contributed by atoms with Crippen molar-refractivity contribution in [3.8, 4) is 0 Å². The van der Waals surface area contributed by atoms with Crippen molar-refractivity contribution in [1.29, 1.82) is 0 Å². The lowest BCUT2D eigenvalue weighted by molar-refractivity contribution is 0.0764. The molecule has 1 aromatic carbocycles. The van der Waals surface area contributed by atoms with E-state index in [9.17, 15) is 0 Å². The molecular formula is C13H18Cl3NO. The summed E-state index contributed by atoms with van der Waals surface area (Å²) in [6.45, 7) is 3.60. The Kier molecular flexibility index (Phi) is 7.35. The Bertz CT molecular complexity index is 367. The molecule has 1 N–H and O–H groups in total. The van der Waals surface area contributed by atoms with Gasteiger partial charge in [0.1, 0.15) is 0 Å². The highest BCUT2D eigenvalue weighted by Gasteiger charge is 2.13. The molecule has 0 radical (unpaired) electrons. The lowest BCUT2D eigenvalue weighted by Gasteiger charge is -2.22. The summed E-state index contributed by atoms with van der Waals surface area (Å²) in [4.78, 5) is 0. The summed E-state index contributed by atoms with van der Waals surface area (Å²) in [5, 5.41) is 4.69. The standard InChI is InChI=1S/C13H17Cl2NO.ClH/c14-12-2-1-11(13(15)7-12)9-17-8-10-3-5-16-6-4-10;/h1-2,7,10,16H,3-6,8-9H2;1H. The number of hydrogen-bond donors (Lipinski definition) is 1. The second-order valence-corrected chi connectivity index (χ2v) is 5.29. The highest BCUT2D eigenvalue weighted by Crippen LogP contribution is 2.22. The third-order valence-corrected chi connectivity index (χ3v) is 3.67. The van der Waals surface area contributed by atoms with Gasteiger partial charge in [-0.05, 0) is 49.5 Å². The summed E-state index contributed by atoms with van der Waals surface area (Å²) in [6.07, 6.45) is 2.41. The number of piperidine rings is 1. The zero-order valence-corrected chi connectivity index (χ0v) is 12.5. The number of hydrogen-bond acceptors (Lipinski definition) is 2. The molecule has 1 aliphatic heterocycles. The first-order chi connectivity index (χ1) is 8.25. The highest BCUT2D eigenvalue weighted by molar-refractivity contribution is 6.35. The van der Waals surface area contributed by atoms with Gasteiger partial charge in [0, 0.05) is 16.7 Å². The molecule has 0 saturated carbocycles. The van der Waals surface area contributed by atoms with Crippen LogP contribution in [0.15, 0.2) is 18.2 Å². The first-order valence-corrected chi connectivity index (χ1v) is 6.73. The van der Waals surface area contributed by atoms with Crippen molar-refractivity contribution < 1.29 is 4.74 Å². The zero-order chi connectivity index (χ0) is 12.1. The molecule has 102 valence electrons. The van der Waals surface area contributed by atoms with E-state index in [0.29, 0.717) is 22.6 Å². The van der Waals surface area contributed by atoms with Crippen LogP contribution >= 0.6 is 35.6 Å². The van der Waals surface area contributed by atoms with E-state index >= 15 is 0 Å². The van der Waals surface area contributed by atoms with Gasteiger partial charge < -0.3 is 10.1 Å². The quantitative estimate of drug-likeness (QED) is 0.910. The summed E-state index contributed by atoms with van der Waals surface area (Å²) in [5.41, 5.74) is 1.00. The number of halogens is 3. The lowest BCUT2D eigenvalue weighted by Crippen LogP contribution is -2.29. The first-order valence-electron chi connectivity index (χ1n) is 5.98. The normalized spacial score (nSPS) is 16.3. The smallest absolute Gasteiger partial charge is 0.0731 e. The van der Waals surface area contributed by atoms with Gasteiger partial charge in [0.15, 0.2) is 0 Å². The maximum Gasteiger partial charge on any atom is 0.0731 e. The van der Waals surface area contributed by atoms with E-state index in [2.05, 4.69) is 5.32 Å². The van der Waals surface area contributed by atoms with Crippen molar-refractivity contribution in [1.82, 2.24) is 5.32 Å². The summed E-state index contributed by atoms with van der Waals surface area (Å²) in [7, 11) is 0. The predicted molar refractivity (Wildman–Crippen MR) is 79.0 cm³/mol. The fraction of sp³-hybridized carbons (Fsp3) is 0.538. The molecule has 0 aromatic heterocycles. The van der Waals surface area contributed by atoms with Crippen LogP contribution in [0.4, 0.5) is 0 Å². The average molecular weight is 311 g/mol. The number of rotatable bonds is 4. The van der Waals surface area contributed by atoms with E-state index in [-0.39, 0.29) is 12.4 Å². The van der Waals surface area contributed by atoms with Crippen molar-refractivity contribution in [3.63, 3.8) is 0 Å². The maximum atomic E-state index is 6.08. The Balaban J connectivity index is 0.00000162. The molecule has 1 aromatic rings. The SMILES string of the molecule is Cl.Clc1ccc(COCC2CCNCC2)c(Cl)c1. The average Bonchev–Trinajstić information content (AvgIpc) is 2.33. The van der Waals surface area contributed by atoms with Crippen LogP contribution in [0.2, 0.25) is 10.0 Å². The zero-order valence-electron chi connectivity index (χ0n) is 10.1. The topological polar surface area (TPSA) is 21.3 Å². The lowest BCUT2D eigenvalue weighted by atomic mass is 9.99. The van der Waals surface area contributed by atoms with Gasteiger partial charge in [-0.2, -0.15) is 0 Å². The van der Waals surface area contributed by atoms with Crippen molar-refractivity contribution in [2.45, 2.75) is 19.4 Å². The van der Waals surface area contributed by atoms with Crippen LogP contribution in [0, 0.1) is 5.92 Å². The van der Waals surface area contributed by atoms with Gasteiger partial charge in [0.05, 0.1) is 6.61 Å². The van der Waals surface area contributed by atoms with E-state index in [1.165, 1.54) is 12.8 Å². The van der Waals surface area contributed by atoms with E-state index in [1.54, 1.807) is 6.07 Å². The summed E-state index contributed by atoms with van der Waals surface area (Å²) >= 11 is 11.9. The molecule has 0 amide bonds. The Labute approximate surface area is 124 Å². The second-order valence-electron chi connectivity index (χ2n) is 4.44. The van der Waals surface area contributed by atoms with Gasteiger partial charge in [0.25, 0.3) is 0 Å². The number of benzene rings is 1. The van der Waals surface area contributed by atoms with E-state index < -0.39 is 0 Å². The highest BCUT2D eigenvalue weighted by atomic mass is 35.5. The fourth-order valence-corrected chi connectivity index (χ4v) is 2.49. The van der Waals surface area contributed by atoms with Crippen LogP contribution in [0.1, 0.15) is 18.4 Å². The Morgan fingerprint density at radius 1 is 1.22 bits per heavy atom. The van der Waals surface area contributed by atoms with Crippen LogP contribution in [0.5, 0.6) is 0 Å². The molecule has 5 heteroatoms. The van der Waals surface area contributed by atoms with E-state index in [0.717, 1.165) is 25.3 Å². The summed E-state index contributed by atoms with van der Waals surface area (Å²) < 4.78 is 5.72. The number of nitrogens with one attached hydrogen (secondary N) is 1. The molecule has 18 heavy (non-hydrogen) atoms. The maximum absolute atomic E-state index is 6.08.